The van der Waals surface area contributed by atoms with Crippen LogP contribution >= 0.6 is 11.6 Å². The van der Waals surface area contributed by atoms with Crippen LogP contribution in [0.15, 0.2) is 12.1 Å². The summed E-state index contributed by atoms with van der Waals surface area (Å²) in [6, 6.07) is 2.76. The summed E-state index contributed by atoms with van der Waals surface area (Å²) in [6.45, 7) is 1.81. The van der Waals surface area contributed by atoms with Crippen molar-refractivity contribution >= 4 is 40.9 Å². The molecule has 1 saturated carbocycles. The minimum absolute atomic E-state index is 0.0738. The predicted octanol–water partition coefficient (Wildman–Crippen LogP) is 0.551. The van der Waals surface area contributed by atoms with Gasteiger partial charge in [0.1, 0.15) is 17.9 Å². The number of anilines is 1. The fourth-order valence-electron chi connectivity index (χ4n) is 6.29. The van der Waals surface area contributed by atoms with E-state index in [2.05, 4.69) is 5.32 Å². The first-order valence-electron chi connectivity index (χ1n) is 10.9. The molecule has 5 rings (SSSR count). The average Bonchev–Trinajstić information content (AvgIpc) is 3.30. The third-order valence-electron chi connectivity index (χ3n) is 7.65. The summed E-state index contributed by atoms with van der Waals surface area (Å²) in [5.74, 6) is -3.10. The van der Waals surface area contributed by atoms with Gasteiger partial charge in [0.15, 0.2) is 0 Å². The Bertz CT molecular complexity index is 1020. The SMILES string of the molecule is Cc1c(Cl)ccc2c1NC(=O)[C@@]21[NH2+][C@H](CC(N)=O)[C@H]2C(=O)N(C3CCCCC3)C(=O)[C@H]21. The monoisotopic (exact) mass is 445 g/mol. The molecule has 2 saturated heterocycles. The molecule has 3 heterocycles. The number of nitrogens with one attached hydrogen (secondary N) is 1. The van der Waals surface area contributed by atoms with Crippen LogP contribution in [0.5, 0.6) is 0 Å². The van der Waals surface area contributed by atoms with Gasteiger partial charge in [0.05, 0.1) is 12.1 Å². The van der Waals surface area contributed by atoms with Gasteiger partial charge in [-0.05, 0) is 37.5 Å². The summed E-state index contributed by atoms with van der Waals surface area (Å²) in [5.41, 5.74) is 6.14. The molecule has 5 N–H and O–H groups in total. The molecule has 0 bridgehead atoms. The van der Waals surface area contributed by atoms with E-state index in [0.29, 0.717) is 21.8 Å². The molecule has 3 aliphatic heterocycles. The molecule has 31 heavy (non-hydrogen) atoms. The minimum Gasteiger partial charge on any atom is -0.369 e. The van der Waals surface area contributed by atoms with E-state index < -0.39 is 29.3 Å². The van der Waals surface area contributed by atoms with E-state index in [1.807, 2.05) is 6.92 Å². The topological polar surface area (TPSA) is 126 Å². The van der Waals surface area contributed by atoms with Gasteiger partial charge in [-0.3, -0.25) is 24.1 Å². The van der Waals surface area contributed by atoms with Crippen molar-refractivity contribution in [1.29, 1.82) is 0 Å². The molecule has 1 aliphatic carbocycles. The first kappa shape index (κ1) is 20.5. The summed E-state index contributed by atoms with van der Waals surface area (Å²) in [6.07, 6.45) is 4.53. The molecule has 1 aromatic rings. The number of likely N-dealkylation sites (tertiary alicyclic amines) is 1. The summed E-state index contributed by atoms with van der Waals surface area (Å²) < 4.78 is 0. The van der Waals surface area contributed by atoms with Gasteiger partial charge in [-0.2, -0.15) is 0 Å². The number of fused-ring (bicyclic) bond motifs is 4. The zero-order valence-corrected chi connectivity index (χ0v) is 18.1. The first-order valence-corrected chi connectivity index (χ1v) is 11.3. The van der Waals surface area contributed by atoms with Gasteiger partial charge in [-0.15, -0.1) is 0 Å². The van der Waals surface area contributed by atoms with Crippen molar-refractivity contribution in [3.8, 4) is 0 Å². The Hall–Kier alpha value is -2.45. The van der Waals surface area contributed by atoms with Gasteiger partial charge in [-0.25, -0.2) is 0 Å². The van der Waals surface area contributed by atoms with E-state index in [0.717, 1.165) is 32.1 Å². The van der Waals surface area contributed by atoms with Crippen molar-refractivity contribution < 1.29 is 24.5 Å². The summed E-state index contributed by atoms with van der Waals surface area (Å²) in [5, 5.41) is 5.15. The number of halogens is 1. The van der Waals surface area contributed by atoms with Gasteiger partial charge in [0, 0.05) is 16.6 Å². The number of hydrogen-bond acceptors (Lipinski definition) is 4. The van der Waals surface area contributed by atoms with E-state index in [9.17, 15) is 19.2 Å². The number of rotatable bonds is 3. The molecule has 8 nitrogen and oxygen atoms in total. The maximum absolute atomic E-state index is 13.8. The number of nitrogens with two attached hydrogens (primary N) is 2. The Morgan fingerprint density at radius 1 is 1.23 bits per heavy atom. The van der Waals surface area contributed by atoms with Crippen molar-refractivity contribution in [2.24, 2.45) is 17.6 Å². The molecule has 1 aromatic carbocycles. The highest BCUT2D eigenvalue weighted by Crippen LogP contribution is 2.51. The Morgan fingerprint density at radius 2 is 1.94 bits per heavy atom. The van der Waals surface area contributed by atoms with Crippen molar-refractivity contribution in [3.05, 3.63) is 28.3 Å². The minimum atomic E-state index is -1.30. The average molecular weight is 446 g/mol. The second kappa shape index (κ2) is 7.03. The largest absolute Gasteiger partial charge is 0.369 e. The highest BCUT2D eigenvalue weighted by atomic mass is 35.5. The maximum atomic E-state index is 13.8. The van der Waals surface area contributed by atoms with Crippen molar-refractivity contribution in [2.45, 2.75) is 63.1 Å². The van der Waals surface area contributed by atoms with Crippen LogP contribution in [0.2, 0.25) is 5.02 Å². The lowest BCUT2D eigenvalue weighted by Crippen LogP contribution is -2.99. The predicted molar refractivity (Wildman–Crippen MR) is 112 cm³/mol. The van der Waals surface area contributed by atoms with Crippen molar-refractivity contribution in [2.75, 3.05) is 5.32 Å². The molecular weight excluding hydrogens is 420 g/mol. The lowest BCUT2D eigenvalue weighted by atomic mass is 9.76. The lowest BCUT2D eigenvalue weighted by Gasteiger charge is -2.32. The second-order valence-corrected chi connectivity index (χ2v) is 9.67. The molecule has 0 radical (unpaired) electrons. The quantitative estimate of drug-likeness (QED) is 0.587. The second-order valence-electron chi connectivity index (χ2n) is 9.26. The van der Waals surface area contributed by atoms with Crippen LogP contribution in [-0.2, 0) is 24.7 Å². The normalized spacial score (nSPS) is 32.5. The van der Waals surface area contributed by atoms with Gasteiger partial charge in [0.2, 0.25) is 23.3 Å². The lowest BCUT2D eigenvalue weighted by molar-refractivity contribution is -0.732. The standard InChI is InChI=1S/C22H25ClN4O4/c1-10-13(23)8-7-12-18(10)25-21(31)22(12)17-16(14(26-22)9-15(24)28)19(29)27(20(17)30)11-5-3-2-4-6-11/h7-8,11,14,16-17,26H,2-6,9H2,1H3,(H2,24,28)(H,25,31)/p+1/t14-,16-,17+,22-/m1/s1. The molecule has 0 aromatic heterocycles. The molecule has 164 valence electrons. The maximum Gasteiger partial charge on any atom is 0.291 e. The van der Waals surface area contributed by atoms with Crippen LogP contribution < -0.4 is 16.4 Å². The van der Waals surface area contributed by atoms with Crippen molar-refractivity contribution in [3.63, 3.8) is 0 Å². The van der Waals surface area contributed by atoms with Crippen LogP contribution in [0, 0.1) is 18.8 Å². The van der Waals surface area contributed by atoms with Gasteiger partial charge in [-0.1, -0.05) is 30.9 Å². The van der Waals surface area contributed by atoms with Crippen LogP contribution in [-0.4, -0.2) is 40.6 Å². The van der Waals surface area contributed by atoms with E-state index in [1.165, 1.54) is 4.90 Å². The number of primary amides is 1. The Morgan fingerprint density at radius 3 is 2.61 bits per heavy atom. The van der Waals surface area contributed by atoms with Gasteiger partial charge in [0.25, 0.3) is 5.91 Å². The van der Waals surface area contributed by atoms with E-state index >= 15 is 0 Å². The fraction of sp³-hybridized carbons (Fsp3) is 0.545. The summed E-state index contributed by atoms with van der Waals surface area (Å²) in [4.78, 5) is 54.0. The summed E-state index contributed by atoms with van der Waals surface area (Å²) in [7, 11) is 0. The zero-order chi connectivity index (χ0) is 22.1. The van der Waals surface area contributed by atoms with Crippen LogP contribution in [0.4, 0.5) is 5.69 Å². The number of carbonyl (C=O) groups excluding carboxylic acids is 4. The van der Waals surface area contributed by atoms with E-state index in [4.69, 9.17) is 17.3 Å². The van der Waals surface area contributed by atoms with E-state index in [1.54, 1.807) is 17.4 Å². The van der Waals surface area contributed by atoms with Crippen molar-refractivity contribution in [1.82, 2.24) is 4.90 Å². The first-order chi connectivity index (χ1) is 14.8. The van der Waals surface area contributed by atoms with Gasteiger partial charge < -0.3 is 16.4 Å². The number of hydrogen-bond donors (Lipinski definition) is 3. The van der Waals surface area contributed by atoms with Gasteiger partial charge >= 0.3 is 0 Å². The Labute approximate surface area is 184 Å². The number of carbonyl (C=O) groups is 4. The molecule has 0 unspecified atom stereocenters. The zero-order valence-electron chi connectivity index (χ0n) is 17.3. The smallest absolute Gasteiger partial charge is 0.291 e. The highest BCUT2D eigenvalue weighted by Gasteiger charge is 2.74. The fourth-order valence-corrected chi connectivity index (χ4v) is 6.45. The molecule has 4 amide bonds. The number of nitrogens with zero attached hydrogens (tertiary/aromatic N) is 1. The summed E-state index contributed by atoms with van der Waals surface area (Å²) >= 11 is 6.27. The molecule has 3 fully saturated rings. The third-order valence-corrected chi connectivity index (χ3v) is 8.06. The van der Waals surface area contributed by atoms with Crippen LogP contribution in [0.25, 0.3) is 0 Å². The number of imide groups is 1. The molecular formula is C22H26ClN4O4+. The highest BCUT2D eigenvalue weighted by molar-refractivity contribution is 6.32. The van der Waals surface area contributed by atoms with E-state index in [-0.39, 0.29) is 30.2 Å². The number of benzene rings is 1. The van der Waals surface area contributed by atoms with Crippen LogP contribution in [0.1, 0.15) is 49.7 Å². The third kappa shape index (κ3) is 2.70. The Balaban J connectivity index is 1.65. The number of quaternary nitrogens is 1. The molecule has 4 aliphatic rings. The molecule has 1 spiro atoms. The molecule has 4 atom stereocenters. The van der Waals surface area contributed by atoms with Crippen LogP contribution in [0.3, 0.4) is 0 Å². The molecule has 9 heteroatoms. The Kier molecular flexibility index (Phi) is 4.64. The number of amides is 4.